The predicted octanol–water partition coefficient (Wildman–Crippen LogP) is 5.17. The zero-order chi connectivity index (χ0) is 21.2. The highest BCUT2D eigenvalue weighted by Gasteiger charge is 2.31. The van der Waals surface area contributed by atoms with E-state index in [1.807, 2.05) is 0 Å². The van der Waals surface area contributed by atoms with Crippen LogP contribution in [0.2, 0.25) is 0 Å². The minimum Gasteiger partial charge on any atom is -0.411 e. The summed E-state index contributed by atoms with van der Waals surface area (Å²) >= 11 is 0.749. The Morgan fingerprint density at radius 3 is 2.41 bits per heavy atom. The lowest BCUT2D eigenvalue weighted by atomic mass is 10.1. The average Bonchev–Trinajstić information content (AvgIpc) is 3.03. The molecule has 0 aliphatic rings. The van der Waals surface area contributed by atoms with Crippen LogP contribution in [0.4, 0.5) is 27.1 Å². The van der Waals surface area contributed by atoms with E-state index in [1.165, 1.54) is 12.1 Å². The lowest BCUT2D eigenvalue weighted by Gasteiger charge is -2.07. The van der Waals surface area contributed by atoms with E-state index in [9.17, 15) is 26.7 Å². The lowest BCUT2D eigenvalue weighted by Crippen LogP contribution is -2.15. The highest BCUT2D eigenvalue weighted by atomic mass is 32.1. The molecule has 0 aliphatic heterocycles. The second kappa shape index (κ2) is 7.95. The summed E-state index contributed by atoms with van der Waals surface area (Å²) in [5.74, 6) is -3.30. The van der Waals surface area contributed by atoms with Crippen molar-refractivity contribution in [2.45, 2.75) is 6.18 Å². The Morgan fingerprint density at radius 1 is 1.14 bits per heavy atom. The van der Waals surface area contributed by atoms with E-state index in [4.69, 9.17) is 5.21 Å². The molecule has 1 aromatic heterocycles. The number of amides is 1. The fourth-order valence-electron chi connectivity index (χ4n) is 2.45. The molecule has 3 aromatic rings. The van der Waals surface area contributed by atoms with Crippen LogP contribution in [0.1, 0.15) is 21.6 Å². The van der Waals surface area contributed by atoms with Gasteiger partial charge in [-0.15, -0.1) is 0 Å². The van der Waals surface area contributed by atoms with Gasteiger partial charge in [-0.2, -0.15) is 13.2 Å². The molecule has 0 radical (unpaired) electrons. The second-order valence-electron chi connectivity index (χ2n) is 5.61. The molecule has 0 unspecified atom stereocenters. The van der Waals surface area contributed by atoms with E-state index in [-0.39, 0.29) is 21.3 Å². The minimum absolute atomic E-state index is 0.0406. The fourth-order valence-corrected chi connectivity index (χ4v) is 3.37. The molecule has 29 heavy (non-hydrogen) atoms. The van der Waals surface area contributed by atoms with Gasteiger partial charge in [0.15, 0.2) is 5.13 Å². The van der Waals surface area contributed by atoms with Crippen molar-refractivity contribution in [3.63, 3.8) is 0 Å². The molecule has 0 fully saturated rings. The number of carbonyl (C=O) groups is 1. The molecule has 0 bridgehead atoms. The average molecular weight is 427 g/mol. The van der Waals surface area contributed by atoms with Crippen molar-refractivity contribution in [2.75, 3.05) is 5.32 Å². The summed E-state index contributed by atoms with van der Waals surface area (Å²) in [4.78, 5) is 16.3. The van der Waals surface area contributed by atoms with Gasteiger partial charge < -0.3 is 5.21 Å². The van der Waals surface area contributed by atoms with Crippen molar-refractivity contribution >= 4 is 28.6 Å². The van der Waals surface area contributed by atoms with E-state index in [2.05, 4.69) is 15.5 Å². The first kappa shape index (κ1) is 20.4. The summed E-state index contributed by atoms with van der Waals surface area (Å²) in [6.07, 6.45) is -3.71. The molecular formula is C18H10F5N3O2S. The minimum atomic E-state index is -4.58. The highest BCUT2D eigenvalue weighted by molar-refractivity contribution is 7.19. The van der Waals surface area contributed by atoms with Crippen LogP contribution in [0.3, 0.4) is 0 Å². The number of rotatable bonds is 4. The number of alkyl halides is 3. The third-order valence-electron chi connectivity index (χ3n) is 3.70. The Labute approximate surface area is 164 Å². The number of thiazole rings is 1. The molecule has 0 spiro atoms. The molecule has 150 valence electrons. The molecular weight excluding hydrogens is 417 g/mol. The summed E-state index contributed by atoms with van der Waals surface area (Å²) in [6.45, 7) is 0. The fraction of sp³-hybridized carbons (Fsp3) is 0.0556. The van der Waals surface area contributed by atoms with Gasteiger partial charge >= 0.3 is 6.18 Å². The largest absolute Gasteiger partial charge is 0.416 e. The van der Waals surface area contributed by atoms with E-state index >= 15 is 0 Å². The van der Waals surface area contributed by atoms with Gasteiger partial charge in [-0.3, -0.25) is 10.1 Å². The summed E-state index contributed by atoms with van der Waals surface area (Å²) < 4.78 is 66.4. The van der Waals surface area contributed by atoms with Crippen LogP contribution in [0.5, 0.6) is 0 Å². The number of hydrogen-bond acceptors (Lipinski definition) is 5. The molecule has 2 aromatic carbocycles. The maximum Gasteiger partial charge on any atom is 0.416 e. The first-order valence-corrected chi connectivity index (χ1v) is 8.63. The third-order valence-corrected chi connectivity index (χ3v) is 4.73. The van der Waals surface area contributed by atoms with Gasteiger partial charge in [0.1, 0.15) is 22.9 Å². The van der Waals surface area contributed by atoms with Crippen LogP contribution in [0, 0.1) is 11.6 Å². The topological polar surface area (TPSA) is 74.6 Å². The Kier molecular flexibility index (Phi) is 5.59. The molecule has 0 atom stereocenters. The van der Waals surface area contributed by atoms with E-state index in [1.54, 1.807) is 0 Å². The van der Waals surface area contributed by atoms with Crippen LogP contribution < -0.4 is 5.32 Å². The maximum absolute atomic E-state index is 13.8. The number of benzene rings is 2. The number of halogens is 5. The zero-order valence-electron chi connectivity index (χ0n) is 14.2. The quantitative estimate of drug-likeness (QED) is 0.261. The first-order chi connectivity index (χ1) is 13.7. The van der Waals surface area contributed by atoms with Gasteiger partial charge in [0.25, 0.3) is 5.91 Å². The Balaban J connectivity index is 1.99. The van der Waals surface area contributed by atoms with Gasteiger partial charge in [0, 0.05) is 0 Å². The number of nitrogens with zero attached hydrogens (tertiary/aromatic N) is 2. The number of oxime groups is 1. The summed E-state index contributed by atoms with van der Waals surface area (Å²) in [6, 6.07) is 7.20. The van der Waals surface area contributed by atoms with Gasteiger partial charge in [-0.1, -0.05) is 34.7 Å². The molecule has 0 saturated heterocycles. The summed E-state index contributed by atoms with van der Waals surface area (Å²) in [5, 5.41) is 13.6. The molecule has 5 nitrogen and oxygen atoms in total. The smallest absolute Gasteiger partial charge is 0.411 e. The molecule has 0 aliphatic carbocycles. The zero-order valence-corrected chi connectivity index (χ0v) is 15.0. The van der Waals surface area contributed by atoms with E-state index in [0.717, 1.165) is 47.9 Å². The van der Waals surface area contributed by atoms with Crippen molar-refractivity contribution in [1.82, 2.24) is 4.98 Å². The normalized spacial score (nSPS) is 11.8. The number of nitrogens with one attached hydrogen (secondary N) is 1. The standard InChI is InChI=1S/C18H10F5N3O2S/c19-11-5-2-6-12(20)14(11)16(27)26-17-25-13(8-24-28)15(29-17)9-3-1-4-10(7-9)18(21,22)23/h1-8,28H,(H,25,26,27). The van der Waals surface area contributed by atoms with Gasteiger partial charge in [0.2, 0.25) is 0 Å². The van der Waals surface area contributed by atoms with Crippen LogP contribution in [0.15, 0.2) is 47.6 Å². The maximum atomic E-state index is 13.8. The summed E-state index contributed by atoms with van der Waals surface area (Å²) in [7, 11) is 0. The number of carbonyl (C=O) groups excluding carboxylic acids is 1. The Bertz CT molecular complexity index is 1080. The van der Waals surface area contributed by atoms with Crippen LogP contribution >= 0.6 is 11.3 Å². The van der Waals surface area contributed by atoms with Crippen LogP contribution in [-0.4, -0.2) is 22.3 Å². The highest BCUT2D eigenvalue weighted by Crippen LogP contribution is 2.36. The monoisotopic (exact) mass is 427 g/mol. The van der Waals surface area contributed by atoms with Crippen molar-refractivity contribution < 1.29 is 32.0 Å². The molecule has 2 N–H and O–H groups in total. The second-order valence-corrected chi connectivity index (χ2v) is 6.61. The SMILES string of the molecule is O=C(Nc1nc(C=NO)c(-c2cccc(C(F)(F)F)c2)s1)c1c(F)cccc1F. The van der Waals surface area contributed by atoms with E-state index in [0.29, 0.717) is 0 Å². The van der Waals surface area contributed by atoms with Gasteiger partial charge in [0.05, 0.1) is 16.7 Å². The third kappa shape index (κ3) is 4.40. The molecule has 0 saturated carbocycles. The Hall–Kier alpha value is -3.34. The van der Waals surface area contributed by atoms with E-state index < -0.39 is 34.8 Å². The van der Waals surface area contributed by atoms with Crippen LogP contribution in [-0.2, 0) is 6.18 Å². The van der Waals surface area contributed by atoms with Crippen LogP contribution in [0.25, 0.3) is 10.4 Å². The van der Waals surface area contributed by atoms with Crippen molar-refractivity contribution in [2.24, 2.45) is 5.16 Å². The lowest BCUT2D eigenvalue weighted by molar-refractivity contribution is -0.137. The number of aromatic nitrogens is 1. The Morgan fingerprint density at radius 2 is 1.79 bits per heavy atom. The summed E-state index contributed by atoms with van der Waals surface area (Å²) in [5.41, 5.74) is -1.68. The number of anilines is 1. The van der Waals surface area contributed by atoms with Gasteiger partial charge in [-0.25, -0.2) is 13.8 Å². The van der Waals surface area contributed by atoms with Gasteiger partial charge in [-0.05, 0) is 29.8 Å². The molecule has 11 heteroatoms. The predicted molar refractivity (Wildman–Crippen MR) is 96.2 cm³/mol. The molecule has 1 amide bonds. The first-order valence-electron chi connectivity index (χ1n) is 7.82. The number of hydrogen-bond donors (Lipinski definition) is 2. The van der Waals surface area contributed by atoms with Crippen molar-refractivity contribution in [3.05, 3.63) is 70.9 Å². The van der Waals surface area contributed by atoms with Crippen molar-refractivity contribution in [1.29, 1.82) is 0 Å². The van der Waals surface area contributed by atoms with Crippen molar-refractivity contribution in [3.8, 4) is 10.4 Å². The molecule has 3 rings (SSSR count). The molecule has 1 heterocycles.